The summed E-state index contributed by atoms with van der Waals surface area (Å²) in [6.07, 6.45) is 1.22. The summed E-state index contributed by atoms with van der Waals surface area (Å²) >= 11 is 1.76. The van der Waals surface area contributed by atoms with Crippen molar-refractivity contribution < 1.29 is 4.74 Å². The molecule has 19 heavy (non-hydrogen) atoms. The number of nitrogens with two attached hydrogens (primary N) is 1. The van der Waals surface area contributed by atoms with Gasteiger partial charge in [0.1, 0.15) is 10.8 Å². The Morgan fingerprint density at radius 1 is 1.53 bits per heavy atom. The van der Waals surface area contributed by atoms with Crippen molar-refractivity contribution in [3.05, 3.63) is 23.2 Å². The van der Waals surface area contributed by atoms with Crippen LogP contribution in [0.1, 0.15) is 11.4 Å². The maximum atomic E-state index is 5.73. The van der Waals surface area contributed by atoms with Crippen LogP contribution in [-0.4, -0.2) is 36.6 Å². The number of ether oxygens (including phenoxy) is 1. The van der Waals surface area contributed by atoms with E-state index in [2.05, 4.69) is 11.0 Å². The number of hydrogen-bond acceptors (Lipinski definition) is 5. The molecule has 1 fully saturated rings. The molecule has 1 atom stereocenters. The fourth-order valence-electron chi connectivity index (χ4n) is 2.59. The first-order chi connectivity index (χ1) is 9.28. The summed E-state index contributed by atoms with van der Waals surface area (Å²) in [6.45, 7) is 3.99. The zero-order valence-electron chi connectivity index (χ0n) is 11.1. The van der Waals surface area contributed by atoms with E-state index in [-0.39, 0.29) is 0 Å². The number of benzene rings is 1. The van der Waals surface area contributed by atoms with Gasteiger partial charge in [0, 0.05) is 6.54 Å². The number of nitrogens with zero attached hydrogens (tertiary/aromatic N) is 2. The van der Waals surface area contributed by atoms with Crippen LogP contribution in [0, 0.1) is 5.92 Å². The minimum absolute atomic E-state index is 0.662. The topological polar surface area (TPSA) is 51.4 Å². The van der Waals surface area contributed by atoms with E-state index in [0.717, 1.165) is 37.4 Å². The summed E-state index contributed by atoms with van der Waals surface area (Å²) < 4.78 is 6.45. The monoisotopic (exact) mass is 277 g/mol. The van der Waals surface area contributed by atoms with Gasteiger partial charge < -0.3 is 10.5 Å². The fraction of sp³-hybridized carbons (Fsp3) is 0.500. The zero-order valence-corrected chi connectivity index (χ0v) is 11.9. The molecule has 1 unspecified atom stereocenters. The maximum Gasteiger partial charge on any atom is 0.120 e. The molecule has 0 saturated carbocycles. The number of likely N-dealkylation sites (tertiary alicyclic amines) is 1. The largest absolute Gasteiger partial charge is 0.497 e. The Bertz CT molecular complexity index is 569. The van der Waals surface area contributed by atoms with Gasteiger partial charge in [0.15, 0.2) is 0 Å². The molecule has 4 nitrogen and oxygen atoms in total. The Hall–Kier alpha value is -1.17. The van der Waals surface area contributed by atoms with Crippen molar-refractivity contribution in [2.24, 2.45) is 11.7 Å². The molecule has 102 valence electrons. The van der Waals surface area contributed by atoms with Crippen molar-refractivity contribution in [3.63, 3.8) is 0 Å². The molecular weight excluding hydrogens is 258 g/mol. The summed E-state index contributed by atoms with van der Waals surface area (Å²) in [4.78, 5) is 7.14. The molecule has 3 rings (SSSR count). The van der Waals surface area contributed by atoms with Crippen LogP contribution in [0.3, 0.4) is 0 Å². The van der Waals surface area contributed by atoms with Crippen molar-refractivity contribution in [2.45, 2.75) is 13.0 Å². The molecule has 0 bridgehead atoms. The number of fused-ring (bicyclic) bond motifs is 1. The smallest absolute Gasteiger partial charge is 0.120 e. The van der Waals surface area contributed by atoms with E-state index in [1.807, 2.05) is 12.1 Å². The van der Waals surface area contributed by atoms with Crippen LogP contribution >= 0.6 is 11.3 Å². The minimum atomic E-state index is 0.662. The number of methoxy groups -OCH3 is 1. The third-order valence-electron chi connectivity index (χ3n) is 3.70. The Morgan fingerprint density at radius 3 is 3.16 bits per heavy atom. The van der Waals surface area contributed by atoms with Gasteiger partial charge in [0.05, 0.1) is 23.9 Å². The lowest BCUT2D eigenvalue weighted by Crippen LogP contribution is -2.22. The van der Waals surface area contributed by atoms with Crippen molar-refractivity contribution in [1.82, 2.24) is 9.88 Å². The van der Waals surface area contributed by atoms with Gasteiger partial charge in [-0.3, -0.25) is 4.90 Å². The SMILES string of the molecule is COc1ccc2nc(CN3CCC(CN)C3)sc2c1. The Morgan fingerprint density at radius 2 is 2.42 bits per heavy atom. The van der Waals surface area contributed by atoms with E-state index in [9.17, 15) is 0 Å². The summed E-state index contributed by atoms with van der Waals surface area (Å²) in [6, 6.07) is 6.05. The van der Waals surface area contributed by atoms with Crippen molar-refractivity contribution >= 4 is 21.6 Å². The minimum Gasteiger partial charge on any atom is -0.497 e. The molecule has 1 aliphatic rings. The predicted molar refractivity (Wildman–Crippen MR) is 78.6 cm³/mol. The van der Waals surface area contributed by atoms with Gasteiger partial charge in [0.25, 0.3) is 0 Å². The molecule has 5 heteroatoms. The van der Waals surface area contributed by atoms with E-state index >= 15 is 0 Å². The normalized spacial score (nSPS) is 20.2. The highest BCUT2D eigenvalue weighted by Crippen LogP contribution is 2.28. The number of rotatable bonds is 4. The van der Waals surface area contributed by atoms with Gasteiger partial charge in [0.2, 0.25) is 0 Å². The first kappa shape index (κ1) is 12.8. The summed E-state index contributed by atoms with van der Waals surface area (Å²) in [5.74, 6) is 1.56. The van der Waals surface area contributed by atoms with Crippen LogP contribution in [0.4, 0.5) is 0 Å². The summed E-state index contributed by atoms with van der Waals surface area (Å²) in [7, 11) is 1.69. The highest BCUT2D eigenvalue weighted by atomic mass is 32.1. The molecule has 1 aromatic heterocycles. The third kappa shape index (κ3) is 2.73. The average molecular weight is 277 g/mol. The second kappa shape index (κ2) is 5.45. The average Bonchev–Trinajstić information content (AvgIpc) is 3.03. The van der Waals surface area contributed by atoms with Crippen LogP contribution in [0.25, 0.3) is 10.2 Å². The van der Waals surface area contributed by atoms with Gasteiger partial charge in [-0.2, -0.15) is 0 Å². The Labute approximate surface area is 117 Å². The van der Waals surface area contributed by atoms with Crippen LogP contribution in [0.2, 0.25) is 0 Å². The van der Waals surface area contributed by atoms with E-state index in [1.54, 1.807) is 18.4 Å². The second-order valence-corrected chi connectivity index (χ2v) is 6.18. The molecular formula is C14H19N3OS. The first-order valence-corrected chi connectivity index (χ1v) is 7.46. The lowest BCUT2D eigenvalue weighted by Gasteiger charge is -2.13. The van der Waals surface area contributed by atoms with Crippen LogP contribution < -0.4 is 10.5 Å². The molecule has 0 spiro atoms. The number of aromatic nitrogens is 1. The lowest BCUT2D eigenvalue weighted by atomic mass is 10.1. The van der Waals surface area contributed by atoms with Crippen molar-refractivity contribution in [2.75, 3.05) is 26.7 Å². The molecule has 2 aromatic rings. The molecule has 2 N–H and O–H groups in total. The van der Waals surface area contributed by atoms with Gasteiger partial charge >= 0.3 is 0 Å². The van der Waals surface area contributed by atoms with Crippen LogP contribution in [-0.2, 0) is 6.54 Å². The number of hydrogen-bond donors (Lipinski definition) is 1. The van der Waals surface area contributed by atoms with Gasteiger partial charge in [-0.1, -0.05) is 0 Å². The molecule has 0 amide bonds. The molecule has 2 heterocycles. The second-order valence-electron chi connectivity index (χ2n) is 5.07. The fourth-order valence-corrected chi connectivity index (χ4v) is 3.63. The Kier molecular flexibility index (Phi) is 3.68. The molecule has 1 aliphatic heterocycles. The van der Waals surface area contributed by atoms with Crippen LogP contribution in [0.5, 0.6) is 5.75 Å². The van der Waals surface area contributed by atoms with E-state index in [4.69, 9.17) is 15.5 Å². The highest BCUT2D eigenvalue weighted by Gasteiger charge is 2.22. The lowest BCUT2D eigenvalue weighted by molar-refractivity contribution is 0.317. The van der Waals surface area contributed by atoms with Crippen LogP contribution in [0.15, 0.2) is 18.2 Å². The van der Waals surface area contributed by atoms with Gasteiger partial charge in [-0.15, -0.1) is 11.3 Å². The Balaban J connectivity index is 1.75. The predicted octanol–water partition coefficient (Wildman–Crippen LogP) is 2.09. The third-order valence-corrected chi connectivity index (χ3v) is 4.70. The molecule has 1 aromatic carbocycles. The zero-order chi connectivity index (χ0) is 13.2. The standard InChI is InChI=1S/C14H19N3OS/c1-18-11-2-3-12-13(6-11)19-14(16-12)9-17-5-4-10(7-15)8-17/h2-3,6,10H,4-5,7-9,15H2,1H3. The highest BCUT2D eigenvalue weighted by molar-refractivity contribution is 7.18. The van der Waals surface area contributed by atoms with E-state index < -0.39 is 0 Å². The van der Waals surface area contributed by atoms with Gasteiger partial charge in [-0.05, 0) is 43.6 Å². The maximum absolute atomic E-state index is 5.73. The first-order valence-electron chi connectivity index (χ1n) is 6.64. The molecule has 1 saturated heterocycles. The van der Waals surface area contributed by atoms with E-state index in [0.29, 0.717) is 5.92 Å². The molecule has 0 aliphatic carbocycles. The van der Waals surface area contributed by atoms with Crippen molar-refractivity contribution in [1.29, 1.82) is 0 Å². The van der Waals surface area contributed by atoms with Gasteiger partial charge in [-0.25, -0.2) is 4.98 Å². The quantitative estimate of drug-likeness (QED) is 0.929. The summed E-state index contributed by atoms with van der Waals surface area (Å²) in [5.41, 5.74) is 6.79. The molecule has 0 radical (unpaired) electrons. The van der Waals surface area contributed by atoms with E-state index in [1.165, 1.54) is 16.1 Å². The summed E-state index contributed by atoms with van der Waals surface area (Å²) in [5, 5.41) is 1.18. The van der Waals surface area contributed by atoms with Crippen molar-refractivity contribution in [3.8, 4) is 5.75 Å². The number of thiazole rings is 1.